The highest BCUT2D eigenvalue weighted by Gasteiger charge is 2.13. The fourth-order valence-corrected chi connectivity index (χ4v) is 4.13. The third-order valence-electron chi connectivity index (χ3n) is 6.11. The van der Waals surface area contributed by atoms with Gasteiger partial charge in [-0.2, -0.15) is 5.10 Å². The number of hydrazone groups is 1. The Bertz CT molecular complexity index is 1570. The Balaban J connectivity index is 1.38. The Hall–Kier alpha value is -4.82. The normalized spacial score (nSPS) is 10.8. The minimum atomic E-state index is -0.445. The van der Waals surface area contributed by atoms with Gasteiger partial charge in [0, 0.05) is 21.8 Å². The van der Waals surface area contributed by atoms with Crippen LogP contribution >= 0.6 is 11.6 Å². The van der Waals surface area contributed by atoms with E-state index in [0.29, 0.717) is 46.6 Å². The first-order chi connectivity index (χ1) is 20.3. The number of hydrogen-bond acceptors (Lipinski definition) is 6. The van der Waals surface area contributed by atoms with Crippen LogP contribution in [-0.4, -0.2) is 31.2 Å². The maximum Gasteiger partial charge on any atom is 0.271 e. The van der Waals surface area contributed by atoms with Crippen LogP contribution in [0.25, 0.3) is 0 Å². The summed E-state index contributed by atoms with van der Waals surface area (Å²) in [5.74, 6) is 0.611. The van der Waals surface area contributed by atoms with E-state index >= 15 is 0 Å². The van der Waals surface area contributed by atoms with Crippen molar-refractivity contribution in [2.45, 2.75) is 27.4 Å². The van der Waals surface area contributed by atoms with E-state index in [9.17, 15) is 9.59 Å². The van der Waals surface area contributed by atoms with E-state index < -0.39 is 5.91 Å². The number of ether oxygens (including phenoxy) is 3. The number of nitrogens with one attached hydrogen (secondary N) is 2. The zero-order valence-electron chi connectivity index (χ0n) is 23.6. The molecule has 0 saturated heterocycles. The molecule has 0 bridgehead atoms. The van der Waals surface area contributed by atoms with Crippen molar-refractivity contribution in [2.24, 2.45) is 5.10 Å². The van der Waals surface area contributed by atoms with Crippen LogP contribution in [0.2, 0.25) is 5.02 Å². The summed E-state index contributed by atoms with van der Waals surface area (Å²) in [6, 6.07) is 25.4. The van der Waals surface area contributed by atoms with Crippen LogP contribution < -0.4 is 25.0 Å². The Morgan fingerprint density at radius 2 is 1.64 bits per heavy atom. The summed E-state index contributed by atoms with van der Waals surface area (Å²) in [5, 5.41) is 7.38. The van der Waals surface area contributed by atoms with Crippen LogP contribution in [0.3, 0.4) is 0 Å². The maximum atomic E-state index is 12.8. The molecule has 9 heteroatoms. The van der Waals surface area contributed by atoms with Crippen LogP contribution in [0.5, 0.6) is 17.2 Å². The molecule has 2 amide bonds. The lowest BCUT2D eigenvalue weighted by molar-refractivity contribution is -0.118. The lowest BCUT2D eigenvalue weighted by atomic mass is 10.1. The second-order valence-corrected chi connectivity index (χ2v) is 9.84. The number of halogens is 1. The minimum Gasteiger partial charge on any atom is -0.490 e. The number of rotatable bonds is 12. The Kier molecular flexibility index (Phi) is 10.6. The first-order valence-electron chi connectivity index (χ1n) is 13.4. The van der Waals surface area contributed by atoms with Crippen LogP contribution in [-0.2, 0) is 11.4 Å². The van der Waals surface area contributed by atoms with E-state index in [2.05, 4.69) is 15.8 Å². The summed E-state index contributed by atoms with van der Waals surface area (Å²) in [4.78, 5) is 25.4. The summed E-state index contributed by atoms with van der Waals surface area (Å²) in [7, 11) is 0. The van der Waals surface area contributed by atoms with Crippen molar-refractivity contribution in [3.05, 3.63) is 118 Å². The van der Waals surface area contributed by atoms with Crippen molar-refractivity contribution in [2.75, 3.05) is 18.5 Å². The predicted molar refractivity (Wildman–Crippen MR) is 165 cm³/mol. The number of nitrogens with zero attached hydrogens (tertiary/aromatic N) is 1. The zero-order chi connectivity index (χ0) is 29.9. The van der Waals surface area contributed by atoms with Crippen molar-refractivity contribution in [1.82, 2.24) is 5.43 Å². The molecule has 4 rings (SSSR count). The smallest absolute Gasteiger partial charge is 0.271 e. The van der Waals surface area contributed by atoms with Gasteiger partial charge in [-0.15, -0.1) is 0 Å². The number of hydrogen-bond donors (Lipinski definition) is 2. The topological polar surface area (TPSA) is 98.3 Å². The first-order valence-corrected chi connectivity index (χ1v) is 13.8. The van der Waals surface area contributed by atoms with Crippen molar-refractivity contribution in [3.63, 3.8) is 0 Å². The highest BCUT2D eigenvalue weighted by molar-refractivity contribution is 6.30. The van der Waals surface area contributed by atoms with Gasteiger partial charge < -0.3 is 19.5 Å². The quantitative estimate of drug-likeness (QED) is 0.142. The van der Waals surface area contributed by atoms with E-state index in [1.165, 1.54) is 6.21 Å². The average molecular weight is 586 g/mol. The van der Waals surface area contributed by atoms with Gasteiger partial charge in [-0.25, -0.2) is 5.43 Å². The lowest BCUT2D eigenvalue weighted by Gasteiger charge is -2.13. The molecular weight excluding hydrogens is 554 g/mol. The fourth-order valence-electron chi connectivity index (χ4n) is 3.95. The molecule has 0 aliphatic rings. The molecule has 2 N–H and O–H groups in total. The molecule has 0 aliphatic heterocycles. The van der Waals surface area contributed by atoms with Crippen LogP contribution in [0.4, 0.5) is 5.69 Å². The summed E-state index contributed by atoms with van der Waals surface area (Å²) in [5.41, 5.74) is 7.07. The molecule has 42 heavy (non-hydrogen) atoms. The molecule has 8 nitrogen and oxygen atoms in total. The molecule has 216 valence electrons. The average Bonchev–Trinajstić information content (AvgIpc) is 2.98. The van der Waals surface area contributed by atoms with Gasteiger partial charge >= 0.3 is 0 Å². The summed E-state index contributed by atoms with van der Waals surface area (Å²) >= 11 is 6.17. The van der Waals surface area contributed by atoms with Crippen molar-refractivity contribution in [3.8, 4) is 17.2 Å². The highest BCUT2D eigenvalue weighted by Crippen LogP contribution is 2.29. The molecule has 0 spiro atoms. The van der Waals surface area contributed by atoms with E-state index in [0.717, 1.165) is 22.4 Å². The van der Waals surface area contributed by atoms with Crippen molar-refractivity contribution >= 4 is 35.3 Å². The monoisotopic (exact) mass is 585 g/mol. The van der Waals surface area contributed by atoms with Gasteiger partial charge in [0.1, 0.15) is 12.4 Å². The molecule has 0 heterocycles. The minimum absolute atomic E-state index is 0.221. The lowest BCUT2D eigenvalue weighted by Crippen LogP contribution is -2.21. The van der Waals surface area contributed by atoms with Crippen LogP contribution in [0.15, 0.2) is 90.0 Å². The summed E-state index contributed by atoms with van der Waals surface area (Å²) in [6.07, 6.45) is 1.41. The largest absolute Gasteiger partial charge is 0.490 e. The number of carbonyl (C=O) groups excluding carboxylic acids is 2. The highest BCUT2D eigenvalue weighted by atomic mass is 35.5. The van der Waals surface area contributed by atoms with Gasteiger partial charge in [-0.3, -0.25) is 9.59 Å². The third-order valence-corrected chi connectivity index (χ3v) is 6.35. The maximum absolute atomic E-state index is 12.8. The number of benzene rings is 4. The number of carbonyl (C=O) groups is 2. The standard InChI is InChI=1S/C33H32ClN3O5/c1-4-40-31-18-25(12-14-30(31)41-20-24-8-6-5-7-9-24)33(39)37-35-19-26-17-27(34)13-15-29(26)42-21-32(38)36-28-16-22(2)10-11-23(28)3/h5-19H,4,20-21H2,1-3H3,(H,36,38)(H,37,39)/b35-19+. The number of aryl methyl sites for hydroxylation is 2. The Morgan fingerprint density at radius 3 is 2.43 bits per heavy atom. The molecule has 0 aromatic heterocycles. The van der Waals surface area contributed by atoms with Gasteiger partial charge in [0.15, 0.2) is 18.1 Å². The van der Waals surface area contributed by atoms with Gasteiger partial charge in [0.05, 0.1) is 12.8 Å². The van der Waals surface area contributed by atoms with Crippen molar-refractivity contribution in [1.29, 1.82) is 0 Å². The van der Waals surface area contributed by atoms with Crippen molar-refractivity contribution < 1.29 is 23.8 Å². The SMILES string of the molecule is CCOc1cc(C(=O)N/N=C/c2cc(Cl)ccc2OCC(=O)Nc2cc(C)ccc2C)ccc1OCc1ccccc1. The predicted octanol–water partition coefficient (Wildman–Crippen LogP) is 6.72. The van der Waals surface area contributed by atoms with E-state index in [1.54, 1.807) is 36.4 Å². The molecule has 4 aromatic carbocycles. The van der Waals surface area contributed by atoms with Crippen LogP contribution in [0.1, 0.15) is 39.5 Å². The van der Waals surface area contributed by atoms with Gasteiger partial charge in [-0.05, 0) is 79.9 Å². The second kappa shape index (κ2) is 14.7. The second-order valence-electron chi connectivity index (χ2n) is 9.41. The number of amides is 2. The van der Waals surface area contributed by atoms with Crippen LogP contribution in [0, 0.1) is 13.8 Å². The van der Waals surface area contributed by atoms with E-state index in [4.69, 9.17) is 25.8 Å². The molecule has 0 unspecified atom stereocenters. The van der Waals surface area contributed by atoms with Gasteiger partial charge in [0.25, 0.3) is 11.8 Å². The molecule has 0 fully saturated rings. The fraction of sp³-hybridized carbons (Fsp3) is 0.182. The zero-order valence-corrected chi connectivity index (χ0v) is 24.4. The molecule has 0 atom stereocenters. The number of anilines is 1. The summed E-state index contributed by atoms with van der Waals surface area (Å²) in [6.45, 7) is 6.29. The Morgan fingerprint density at radius 1 is 0.857 bits per heavy atom. The van der Waals surface area contributed by atoms with E-state index in [-0.39, 0.29) is 12.5 Å². The van der Waals surface area contributed by atoms with E-state index in [1.807, 2.05) is 69.3 Å². The Labute approximate surface area is 250 Å². The molecule has 4 aromatic rings. The molecule has 0 radical (unpaired) electrons. The molecular formula is C33H32ClN3O5. The third kappa shape index (κ3) is 8.59. The first kappa shape index (κ1) is 30.1. The summed E-state index contributed by atoms with van der Waals surface area (Å²) < 4.78 is 17.4. The van der Waals surface area contributed by atoms with Gasteiger partial charge in [0.2, 0.25) is 0 Å². The molecule has 0 aliphatic carbocycles. The molecule has 0 saturated carbocycles. The van der Waals surface area contributed by atoms with Gasteiger partial charge in [-0.1, -0.05) is 54.1 Å².